The van der Waals surface area contributed by atoms with Crippen molar-refractivity contribution in [3.63, 3.8) is 0 Å². The Morgan fingerprint density at radius 2 is 2.19 bits per heavy atom. The van der Waals surface area contributed by atoms with Gasteiger partial charge in [-0.3, -0.25) is 4.79 Å². The molecule has 0 spiro atoms. The zero-order valence-corrected chi connectivity index (χ0v) is 10.1. The minimum atomic E-state index is -0.113. The normalized spacial score (nSPS) is 20.5. The summed E-state index contributed by atoms with van der Waals surface area (Å²) in [6.45, 7) is 1.82. The number of benzene rings is 1. The van der Waals surface area contributed by atoms with E-state index in [4.69, 9.17) is 11.6 Å². The summed E-state index contributed by atoms with van der Waals surface area (Å²) in [5.41, 5.74) is 0.657. The fourth-order valence-corrected chi connectivity index (χ4v) is 2.16. The topological polar surface area (TPSA) is 41.5 Å². The third kappa shape index (κ3) is 2.28. The molecule has 1 N–H and O–H groups in total. The van der Waals surface area contributed by atoms with Crippen molar-refractivity contribution in [2.75, 3.05) is 0 Å². The number of para-hydroxylation sites is 1. The molecule has 1 fully saturated rings. The van der Waals surface area contributed by atoms with Crippen LogP contribution < -0.4 is 5.32 Å². The molecule has 0 unspecified atom stereocenters. The molecular weight excluding hydrogens is 244 g/mol. The lowest BCUT2D eigenvalue weighted by molar-refractivity contribution is -0.115. The average Bonchev–Trinajstić information content (AvgIpc) is 2.62. The first-order chi connectivity index (χ1) is 7.70. The van der Waals surface area contributed by atoms with Gasteiger partial charge in [0, 0.05) is 0 Å². The van der Waals surface area contributed by atoms with Crippen LogP contribution in [-0.4, -0.2) is 11.1 Å². The van der Waals surface area contributed by atoms with Crippen LogP contribution in [0.4, 0.5) is 5.69 Å². The highest BCUT2D eigenvalue weighted by atomic mass is 35.5. The van der Waals surface area contributed by atoms with Gasteiger partial charge in [-0.05, 0) is 30.8 Å². The number of aliphatic imine (C=N–C) groups is 1. The predicted molar refractivity (Wildman–Crippen MR) is 68.0 cm³/mol. The Bertz CT molecular complexity index is 497. The number of carbonyl (C=O) groups is 1. The summed E-state index contributed by atoms with van der Waals surface area (Å²) in [7, 11) is 0. The maximum absolute atomic E-state index is 11.4. The Morgan fingerprint density at radius 3 is 2.81 bits per heavy atom. The van der Waals surface area contributed by atoms with E-state index < -0.39 is 0 Å². The van der Waals surface area contributed by atoms with Crippen molar-refractivity contribution in [3.05, 3.63) is 40.3 Å². The molecule has 82 valence electrons. The molecule has 1 heterocycles. The van der Waals surface area contributed by atoms with Crippen LogP contribution in [0, 0.1) is 0 Å². The number of allylic oxidation sites excluding steroid dienone is 1. The van der Waals surface area contributed by atoms with Crippen LogP contribution in [0.3, 0.4) is 0 Å². The van der Waals surface area contributed by atoms with Gasteiger partial charge in [-0.15, -0.1) is 0 Å². The molecule has 0 saturated carbocycles. The fourth-order valence-electron chi connectivity index (χ4n) is 1.23. The Kier molecular flexibility index (Phi) is 3.31. The molecule has 2 rings (SSSR count). The number of hydrogen-bond donors (Lipinski definition) is 1. The molecule has 1 saturated heterocycles. The van der Waals surface area contributed by atoms with Crippen molar-refractivity contribution in [2.45, 2.75) is 6.92 Å². The quantitative estimate of drug-likeness (QED) is 0.781. The highest BCUT2D eigenvalue weighted by Crippen LogP contribution is 2.29. The van der Waals surface area contributed by atoms with Gasteiger partial charge in [0.2, 0.25) is 0 Å². The Balaban J connectivity index is 2.28. The second-order valence-corrected chi connectivity index (χ2v) is 4.52. The standard InChI is InChI=1S/C11H9ClN2OS/c1-2-9-10(15)14-11(16-9)13-8-6-4-3-5-7(8)12/h2-6H,1H3,(H,13,14,15)/b9-2-. The molecule has 1 aliphatic rings. The number of carbonyl (C=O) groups excluding carboxylic acids is 1. The fraction of sp³-hybridized carbons (Fsp3) is 0.0909. The van der Waals surface area contributed by atoms with Gasteiger partial charge in [0.25, 0.3) is 5.91 Å². The van der Waals surface area contributed by atoms with E-state index in [0.717, 1.165) is 0 Å². The summed E-state index contributed by atoms with van der Waals surface area (Å²) < 4.78 is 0. The van der Waals surface area contributed by atoms with E-state index in [0.29, 0.717) is 20.8 Å². The van der Waals surface area contributed by atoms with Gasteiger partial charge in [0.1, 0.15) is 0 Å². The average molecular weight is 253 g/mol. The van der Waals surface area contributed by atoms with Gasteiger partial charge < -0.3 is 5.32 Å². The van der Waals surface area contributed by atoms with Crippen molar-refractivity contribution in [3.8, 4) is 0 Å². The molecular formula is C11H9ClN2OS. The molecule has 0 aliphatic carbocycles. The molecule has 1 aliphatic heterocycles. The van der Waals surface area contributed by atoms with Crippen molar-refractivity contribution in [1.29, 1.82) is 0 Å². The van der Waals surface area contributed by atoms with Gasteiger partial charge >= 0.3 is 0 Å². The van der Waals surface area contributed by atoms with E-state index in [9.17, 15) is 4.79 Å². The first-order valence-corrected chi connectivity index (χ1v) is 5.89. The number of thioether (sulfide) groups is 1. The minimum Gasteiger partial charge on any atom is -0.300 e. The largest absolute Gasteiger partial charge is 0.300 e. The van der Waals surface area contributed by atoms with Gasteiger partial charge in [-0.2, -0.15) is 0 Å². The third-order valence-electron chi connectivity index (χ3n) is 1.99. The first kappa shape index (κ1) is 11.2. The van der Waals surface area contributed by atoms with Gasteiger partial charge in [0.05, 0.1) is 15.6 Å². The number of hydrogen-bond acceptors (Lipinski definition) is 3. The number of nitrogens with zero attached hydrogens (tertiary/aromatic N) is 1. The Hall–Kier alpha value is -1.26. The van der Waals surface area contributed by atoms with Crippen LogP contribution >= 0.6 is 23.4 Å². The second-order valence-electron chi connectivity index (χ2n) is 3.08. The maximum atomic E-state index is 11.4. The van der Waals surface area contributed by atoms with Gasteiger partial charge in [-0.1, -0.05) is 29.8 Å². The molecule has 3 nitrogen and oxygen atoms in total. The summed E-state index contributed by atoms with van der Waals surface area (Å²) >= 11 is 7.28. The monoisotopic (exact) mass is 252 g/mol. The number of rotatable bonds is 1. The second kappa shape index (κ2) is 4.72. The summed E-state index contributed by atoms with van der Waals surface area (Å²) in [5, 5.41) is 3.81. The van der Waals surface area contributed by atoms with Gasteiger partial charge in [-0.25, -0.2) is 4.99 Å². The first-order valence-electron chi connectivity index (χ1n) is 4.69. The van der Waals surface area contributed by atoms with Crippen molar-refractivity contribution >= 4 is 40.1 Å². The Morgan fingerprint density at radius 1 is 1.44 bits per heavy atom. The summed E-state index contributed by atoms with van der Waals surface area (Å²) in [5.74, 6) is -0.113. The smallest absolute Gasteiger partial charge is 0.263 e. The number of halogens is 1. The van der Waals surface area contributed by atoms with Crippen LogP contribution in [0.15, 0.2) is 40.2 Å². The van der Waals surface area contributed by atoms with E-state index in [1.165, 1.54) is 11.8 Å². The van der Waals surface area contributed by atoms with Crippen molar-refractivity contribution in [1.82, 2.24) is 5.32 Å². The highest BCUT2D eigenvalue weighted by molar-refractivity contribution is 8.18. The molecule has 1 amide bonds. The van der Waals surface area contributed by atoms with Crippen LogP contribution in [-0.2, 0) is 4.79 Å². The zero-order valence-electron chi connectivity index (χ0n) is 8.53. The van der Waals surface area contributed by atoms with E-state index in [1.54, 1.807) is 18.2 Å². The van der Waals surface area contributed by atoms with Crippen LogP contribution in [0.1, 0.15) is 6.92 Å². The maximum Gasteiger partial charge on any atom is 0.263 e. The molecule has 1 aromatic rings. The van der Waals surface area contributed by atoms with Crippen LogP contribution in [0.5, 0.6) is 0 Å². The van der Waals surface area contributed by atoms with Crippen molar-refractivity contribution < 1.29 is 4.79 Å². The van der Waals surface area contributed by atoms with Crippen LogP contribution in [0.2, 0.25) is 5.02 Å². The molecule has 1 aromatic carbocycles. The van der Waals surface area contributed by atoms with E-state index >= 15 is 0 Å². The minimum absolute atomic E-state index is 0.113. The number of nitrogens with one attached hydrogen (secondary N) is 1. The zero-order chi connectivity index (χ0) is 11.5. The molecule has 0 aromatic heterocycles. The SMILES string of the molecule is C/C=C1\SC(=Nc2ccccc2Cl)NC1=O. The molecule has 16 heavy (non-hydrogen) atoms. The van der Waals surface area contributed by atoms with E-state index in [2.05, 4.69) is 10.3 Å². The van der Waals surface area contributed by atoms with Gasteiger partial charge in [0.15, 0.2) is 5.17 Å². The predicted octanol–water partition coefficient (Wildman–Crippen LogP) is 3.09. The van der Waals surface area contributed by atoms with Crippen molar-refractivity contribution in [2.24, 2.45) is 4.99 Å². The lowest BCUT2D eigenvalue weighted by Crippen LogP contribution is -2.19. The van der Waals surface area contributed by atoms with E-state index in [1.807, 2.05) is 19.1 Å². The molecule has 0 radical (unpaired) electrons. The summed E-state index contributed by atoms with van der Waals surface area (Å²) in [6.07, 6.45) is 1.76. The lowest BCUT2D eigenvalue weighted by atomic mass is 10.3. The lowest BCUT2D eigenvalue weighted by Gasteiger charge is -1.98. The summed E-state index contributed by atoms with van der Waals surface area (Å²) in [6, 6.07) is 7.25. The molecule has 0 atom stereocenters. The molecule has 0 bridgehead atoms. The Labute approximate surface area is 103 Å². The third-order valence-corrected chi connectivity index (χ3v) is 3.33. The summed E-state index contributed by atoms with van der Waals surface area (Å²) in [4.78, 5) is 16.3. The highest BCUT2D eigenvalue weighted by Gasteiger charge is 2.22. The van der Waals surface area contributed by atoms with Crippen LogP contribution in [0.25, 0.3) is 0 Å². The number of amidine groups is 1. The van der Waals surface area contributed by atoms with E-state index in [-0.39, 0.29) is 5.91 Å². The molecule has 5 heteroatoms. The number of amides is 1.